The first-order chi connectivity index (χ1) is 9.18. The largest absolute Gasteiger partial charge is 0.369 e. The molecule has 1 aliphatic heterocycles. The highest BCUT2D eigenvalue weighted by molar-refractivity contribution is 5.87. The molecule has 0 spiro atoms. The summed E-state index contributed by atoms with van der Waals surface area (Å²) in [4.78, 5) is 23.2. The second-order valence-electron chi connectivity index (χ2n) is 4.80. The predicted octanol–water partition coefficient (Wildman–Crippen LogP) is 0.0880. The number of rotatable bonds is 5. The molecule has 1 aromatic carbocycles. The maximum absolute atomic E-state index is 12.0. The Morgan fingerprint density at radius 2 is 1.85 bits per heavy atom. The number of primary amides is 1. The minimum Gasteiger partial charge on any atom is -0.369 e. The molecule has 0 bridgehead atoms. The van der Waals surface area contributed by atoms with Gasteiger partial charge in [0, 0.05) is 19.6 Å². The molecule has 2 amide bonds. The lowest BCUT2D eigenvalue weighted by atomic mass is 9.94. The number of amides is 2. The summed E-state index contributed by atoms with van der Waals surface area (Å²) in [6, 6.07) is 9.96. The fraction of sp³-hybridized carbons (Fsp3) is 0.429. The fourth-order valence-corrected chi connectivity index (χ4v) is 2.36. The molecule has 0 aliphatic carbocycles. The Morgan fingerprint density at radius 3 is 2.50 bits per heavy atom. The molecule has 0 aromatic heterocycles. The topological polar surface area (TPSA) is 84.2 Å². The quantitative estimate of drug-likeness (QED) is 0.720. The number of hydrogen-bond acceptors (Lipinski definition) is 3. The van der Waals surface area contributed by atoms with Crippen LogP contribution in [0.1, 0.15) is 5.56 Å². The van der Waals surface area contributed by atoms with Crippen LogP contribution in [0.2, 0.25) is 0 Å². The Hall–Kier alpha value is -1.59. The van der Waals surface area contributed by atoms with Crippen molar-refractivity contribution in [2.75, 3.05) is 19.6 Å². The van der Waals surface area contributed by atoms with Gasteiger partial charge in [-0.05, 0) is 12.0 Å². The molecule has 2 rings (SSSR count). The molecule has 5 nitrogen and oxygen atoms in total. The van der Waals surface area contributed by atoms with E-state index in [4.69, 9.17) is 5.73 Å². The molecule has 1 saturated heterocycles. The van der Waals surface area contributed by atoms with Gasteiger partial charge in [0.05, 0.1) is 11.8 Å². The van der Waals surface area contributed by atoms with Gasteiger partial charge >= 0.3 is 0 Å². The van der Waals surface area contributed by atoms with Crippen molar-refractivity contribution in [1.82, 2.24) is 10.6 Å². The van der Waals surface area contributed by atoms with E-state index in [0.29, 0.717) is 19.6 Å². The van der Waals surface area contributed by atoms with Crippen LogP contribution in [0.3, 0.4) is 0 Å². The van der Waals surface area contributed by atoms with Crippen molar-refractivity contribution in [1.29, 1.82) is 0 Å². The van der Waals surface area contributed by atoms with E-state index in [-0.39, 0.29) is 24.2 Å². The Kier molecular flexibility index (Phi) is 6.48. The average Bonchev–Trinajstić information content (AvgIpc) is 2.89. The van der Waals surface area contributed by atoms with Gasteiger partial charge in [-0.25, -0.2) is 0 Å². The minimum atomic E-state index is -0.409. The van der Waals surface area contributed by atoms with Crippen molar-refractivity contribution >= 4 is 24.2 Å². The lowest BCUT2D eigenvalue weighted by Crippen LogP contribution is -2.40. The van der Waals surface area contributed by atoms with E-state index in [0.717, 1.165) is 6.42 Å². The van der Waals surface area contributed by atoms with Crippen molar-refractivity contribution in [3.05, 3.63) is 35.9 Å². The molecule has 110 valence electrons. The monoisotopic (exact) mass is 297 g/mol. The lowest BCUT2D eigenvalue weighted by molar-refractivity contribution is -0.131. The molecule has 1 heterocycles. The van der Waals surface area contributed by atoms with E-state index in [1.54, 1.807) is 0 Å². The Labute approximate surface area is 124 Å². The van der Waals surface area contributed by atoms with Gasteiger partial charge in [-0.1, -0.05) is 30.3 Å². The first kappa shape index (κ1) is 16.5. The summed E-state index contributed by atoms with van der Waals surface area (Å²) in [6.07, 6.45) is 0.786. The first-order valence-corrected chi connectivity index (χ1v) is 6.50. The smallest absolute Gasteiger partial charge is 0.225 e. The molecule has 1 fully saturated rings. The van der Waals surface area contributed by atoms with Crippen LogP contribution in [0.15, 0.2) is 30.3 Å². The fourth-order valence-electron chi connectivity index (χ4n) is 2.36. The summed E-state index contributed by atoms with van der Waals surface area (Å²) in [5, 5.41) is 5.90. The third-order valence-corrected chi connectivity index (χ3v) is 3.47. The molecular formula is C14H20ClN3O2. The van der Waals surface area contributed by atoms with E-state index >= 15 is 0 Å². The molecule has 20 heavy (non-hydrogen) atoms. The number of benzene rings is 1. The van der Waals surface area contributed by atoms with Gasteiger partial charge in [-0.3, -0.25) is 9.59 Å². The number of nitrogens with one attached hydrogen (secondary N) is 2. The highest BCUT2D eigenvalue weighted by Gasteiger charge is 2.36. The van der Waals surface area contributed by atoms with Gasteiger partial charge in [-0.2, -0.15) is 0 Å². The number of halogens is 1. The van der Waals surface area contributed by atoms with Crippen molar-refractivity contribution in [2.45, 2.75) is 6.42 Å². The molecule has 6 heteroatoms. The normalized spacial score (nSPS) is 21.0. The van der Waals surface area contributed by atoms with Gasteiger partial charge in [0.25, 0.3) is 0 Å². The molecule has 0 radical (unpaired) electrons. The predicted molar refractivity (Wildman–Crippen MR) is 79.4 cm³/mol. The lowest BCUT2D eigenvalue weighted by Gasteiger charge is -2.15. The molecule has 1 aliphatic rings. The van der Waals surface area contributed by atoms with E-state index in [9.17, 15) is 9.59 Å². The van der Waals surface area contributed by atoms with Crippen LogP contribution in [0.4, 0.5) is 0 Å². The summed E-state index contributed by atoms with van der Waals surface area (Å²) in [5.74, 6) is -1.23. The van der Waals surface area contributed by atoms with Gasteiger partial charge in [0.1, 0.15) is 0 Å². The third-order valence-electron chi connectivity index (χ3n) is 3.47. The third kappa shape index (κ3) is 4.21. The molecule has 4 N–H and O–H groups in total. The van der Waals surface area contributed by atoms with Crippen LogP contribution in [0.25, 0.3) is 0 Å². The van der Waals surface area contributed by atoms with Crippen molar-refractivity contribution in [3.8, 4) is 0 Å². The SMILES string of the molecule is Cl.NC(=O)C1CNCC1C(=O)NCCc1ccccc1. The van der Waals surface area contributed by atoms with Crippen LogP contribution < -0.4 is 16.4 Å². The van der Waals surface area contributed by atoms with Crippen LogP contribution in [-0.2, 0) is 16.0 Å². The van der Waals surface area contributed by atoms with Crippen molar-refractivity contribution in [3.63, 3.8) is 0 Å². The zero-order valence-electron chi connectivity index (χ0n) is 11.2. The molecule has 0 saturated carbocycles. The maximum atomic E-state index is 12.0. The minimum absolute atomic E-state index is 0. The Balaban J connectivity index is 0.00000200. The molecule has 2 unspecified atom stereocenters. The van der Waals surface area contributed by atoms with Crippen molar-refractivity contribution < 1.29 is 9.59 Å². The summed E-state index contributed by atoms with van der Waals surface area (Å²) in [7, 11) is 0. The summed E-state index contributed by atoms with van der Waals surface area (Å²) < 4.78 is 0. The maximum Gasteiger partial charge on any atom is 0.225 e. The summed E-state index contributed by atoms with van der Waals surface area (Å²) >= 11 is 0. The van der Waals surface area contributed by atoms with Gasteiger partial charge in [-0.15, -0.1) is 12.4 Å². The standard InChI is InChI=1S/C14H19N3O2.ClH/c15-13(18)11-8-16-9-12(11)14(19)17-7-6-10-4-2-1-3-5-10;/h1-5,11-12,16H,6-9H2,(H2,15,18)(H,17,19);1H. The number of carbonyl (C=O) groups excluding carboxylic acids is 2. The average molecular weight is 298 g/mol. The first-order valence-electron chi connectivity index (χ1n) is 6.50. The number of nitrogens with two attached hydrogens (primary N) is 1. The summed E-state index contributed by atoms with van der Waals surface area (Å²) in [6.45, 7) is 1.59. The summed E-state index contributed by atoms with van der Waals surface area (Å²) in [5.41, 5.74) is 6.47. The Morgan fingerprint density at radius 1 is 1.20 bits per heavy atom. The highest BCUT2D eigenvalue weighted by atomic mass is 35.5. The van der Waals surface area contributed by atoms with E-state index in [1.807, 2.05) is 30.3 Å². The van der Waals surface area contributed by atoms with Gasteiger partial charge in [0.2, 0.25) is 11.8 Å². The van der Waals surface area contributed by atoms with Gasteiger partial charge in [0.15, 0.2) is 0 Å². The molecule has 2 atom stereocenters. The second-order valence-corrected chi connectivity index (χ2v) is 4.80. The highest BCUT2D eigenvalue weighted by Crippen LogP contribution is 2.16. The van der Waals surface area contributed by atoms with Crippen LogP contribution in [0.5, 0.6) is 0 Å². The van der Waals surface area contributed by atoms with Crippen LogP contribution >= 0.6 is 12.4 Å². The van der Waals surface area contributed by atoms with E-state index < -0.39 is 11.8 Å². The Bertz CT molecular complexity index is 453. The van der Waals surface area contributed by atoms with Crippen LogP contribution in [-0.4, -0.2) is 31.4 Å². The van der Waals surface area contributed by atoms with E-state index in [2.05, 4.69) is 10.6 Å². The molecular weight excluding hydrogens is 278 g/mol. The second kappa shape index (κ2) is 7.87. The zero-order chi connectivity index (χ0) is 13.7. The zero-order valence-corrected chi connectivity index (χ0v) is 12.0. The number of hydrogen-bond donors (Lipinski definition) is 3. The van der Waals surface area contributed by atoms with Crippen molar-refractivity contribution in [2.24, 2.45) is 17.6 Å². The molecule has 1 aromatic rings. The van der Waals surface area contributed by atoms with Gasteiger partial charge < -0.3 is 16.4 Å². The van der Waals surface area contributed by atoms with Crippen LogP contribution in [0, 0.1) is 11.8 Å². The number of carbonyl (C=O) groups is 2. The van der Waals surface area contributed by atoms with E-state index in [1.165, 1.54) is 5.56 Å².